The average Bonchev–Trinajstić information content (AvgIpc) is 2.02. The van der Waals surface area contributed by atoms with Crippen LogP contribution in [0.2, 0.25) is 0 Å². The Morgan fingerprint density at radius 3 is 2.23 bits per heavy atom. The second kappa shape index (κ2) is 4.01. The minimum Gasteiger partial charge on any atom is -0.275 e. The normalized spacial score (nSPS) is 9.77. The third-order valence-electron chi connectivity index (χ3n) is 1.33. The topological polar surface area (TPSA) is 56.2 Å². The second-order valence-corrected chi connectivity index (χ2v) is 3.81. The average molecular weight is 313 g/mol. The van der Waals surface area contributed by atoms with Crippen molar-refractivity contribution in [3.63, 3.8) is 0 Å². The van der Waals surface area contributed by atoms with Crippen molar-refractivity contribution in [2.24, 2.45) is 0 Å². The highest BCUT2D eigenvalue weighted by atomic mass is 79.9. The van der Waals surface area contributed by atoms with Gasteiger partial charge >= 0.3 is 5.69 Å². The van der Waals surface area contributed by atoms with Crippen LogP contribution in [0.4, 0.5) is 5.69 Å². The smallest absolute Gasteiger partial charge is 0.275 e. The predicted octanol–water partition coefficient (Wildman–Crippen LogP) is 1.47. The fourth-order valence-corrected chi connectivity index (χ4v) is 2.16. The summed E-state index contributed by atoms with van der Waals surface area (Å²) in [5.41, 5.74) is -0.0201. The third kappa shape index (κ3) is 2.16. The summed E-state index contributed by atoms with van der Waals surface area (Å²) >= 11 is 6.13. The van der Waals surface area contributed by atoms with Crippen LogP contribution >= 0.6 is 31.9 Å². The third-order valence-corrected chi connectivity index (χ3v) is 2.49. The molecule has 1 aromatic heterocycles. The van der Waals surface area contributed by atoms with Gasteiger partial charge in [0.2, 0.25) is 12.4 Å². The van der Waals surface area contributed by atoms with Crippen molar-refractivity contribution in [2.75, 3.05) is 7.11 Å². The van der Waals surface area contributed by atoms with Gasteiger partial charge in [0.05, 0.1) is 4.92 Å². The predicted molar refractivity (Wildman–Crippen MR) is 51.2 cm³/mol. The van der Waals surface area contributed by atoms with Gasteiger partial charge in [0.15, 0.2) is 8.95 Å². The van der Waals surface area contributed by atoms with E-state index in [0.29, 0.717) is 8.95 Å². The minimum absolute atomic E-state index is 0.0201. The summed E-state index contributed by atoms with van der Waals surface area (Å²) in [5, 5.41) is 10.5. The molecule has 0 aliphatic carbocycles. The van der Waals surface area contributed by atoms with Crippen LogP contribution < -0.4 is 9.57 Å². The van der Waals surface area contributed by atoms with E-state index in [2.05, 4.69) is 31.9 Å². The van der Waals surface area contributed by atoms with Gasteiger partial charge in [-0.3, -0.25) is 15.0 Å². The molecule has 1 aromatic rings. The summed E-state index contributed by atoms with van der Waals surface area (Å²) in [6.07, 6.45) is 2.92. The van der Waals surface area contributed by atoms with E-state index >= 15 is 0 Å². The lowest BCUT2D eigenvalue weighted by Crippen LogP contribution is -2.39. The maximum absolute atomic E-state index is 10.5. The van der Waals surface area contributed by atoms with E-state index in [9.17, 15) is 10.1 Å². The molecule has 0 saturated carbocycles. The lowest BCUT2D eigenvalue weighted by molar-refractivity contribution is -0.886. The Morgan fingerprint density at radius 1 is 1.46 bits per heavy atom. The van der Waals surface area contributed by atoms with Gasteiger partial charge in [0.1, 0.15) is 7.11 Å². The molecule has 13 heavy (non-hydrogen) atoms. The first-order valence-corrected chi connectivity index (χ1v) is 4.74. The zero-order chi connectivity index (χ0) is 10.0. The quantitative estimate of drug-likeness (QED) is 0.472. The van der Waals surface area contributed by atoms with Crippen LogP contribution in [0.15, 0.2) is 21.3 Å². The Morgan fingerprint density at radius 2 is 1.92 bits per heavy atom. The van der Waals surface area contributed by atoms with Crippen molar-refractivity contribution >= 4 is 37.5 Å². The molecule has 0 fully saturated rings. The van der Waals surface area contributed by atoms with E-state index in [-0.39, 0.29) is 5.69 Å². The van der Waals surface area contributed by atoms with E-state index < -0.39 is 4.92 Å². The molecule has 0 amide bonds. The fourth-order valence-electron chi connectivity index (χ4n) is 0.777. The molecule has 1 rings (SSSR count). The van der Waals surface area contributed by atoms with Crippen LogP contribution in [0, 0.1) is 10.1 Å². The highest BCUT2D eigenvalue weighted by Gasteiger charge is 2.23. The molecule has 5 nitrogen and oxygen atoms in total. The van der Waals surface area contributed by atoms with Crippen molar-refractivity contribution in [2.45, 2.75) is 0 Å². The molecule has 0 bridgehead atoms. The maximum Gasteiger partial charge on any atom is 0.310 e. The molecule has 0 atom stereocenters. The zero-order valence-electron chi connectivity index (χ0n) is 6.53. The molecule has 0 aromatic carbocycles. The number of nitro groups is 1. The van der Waals surface area contributed by atoms with Crippen molar-refractivity contribution in [1.82, 2.24) is 0 Å². The monoisotopic (exact) mass is 311 g/mol. The van der Waals surface area contributed by atoms with Gasteiger partial charge < -0.3 is 0 Å². The summed E-state index contributed by atoms with van der Waals surface area (Å²) in [5.74, 6) is 0. The first-order valence-electron chi connectivity index (χ1n) is 3.15. The number of hydrogen-bond donors (Lipinski definition) is 0. The molecular weight excluding hydrogens is 308 g/mol. The minimum atomic E-state index is -0.478. The van der Waals surface area contributed by atoms with Gasteiger partial charge in [-0.15, -0.1) is 0 Å². The highest BCUT2D eigenvalue weighted by molar-refractivity contribution is 9.11. The lowest BCUT2D eigenvalue weighted by Gasteiger charge is -1.96. The fraction of sp³-hybridized carbons (Fsp3) is 0.167. The number of rotatable bonds is 2. The first kappa shape index (κ1) is 10.4. The molecule has 0 saturated heterocycles. The van der Waals surface area contributed by atoms with Crippen LogP contribution in [-0.4, -0.2) is 12.0 Å². The van der Waals surface area contributed by atoms with Gasteiger partial charge in [-0.05, 0) is 31.9 Å². The van der Waals surface area contributed by atoms with E-state index in [1.54, 1.807) is 0 Å². The summed E-state index contributed by atoms with van der Waals surface area (Å²) in [6, 6.07) is 0. The Balaban J connectivity index is 3.31. The van der Waals surface area contributed by atoms with E-state index in [4.69, 9.17) is 4.84 Å². The van der Waals surface area contributed by atoms with Crippen molar-refractivity contribution < 1.29 is 14.5 Å². The molecule has 0 N–H and O–H groups in total. The highest BCUT2D eigenvalue weighted by Crippen LogP contribution is 2.30. The number of nitrogens with zero attached hydrogens (tertiary/aromatic N) is 2. The van der Waals surface area contributed by atoms with Crippen molar-refractivity contribution in [1.29, 1.82) is 0 Å². The van der Waals surface area contributed by atoms with Crippen molar-refractivity contribution in [3.8, 4) is 0 Å². The standard InChI is InChI=1S/C6H5Br2N2O3/c1-13-9-2-4(7)6(10(11)12)5(8)3-9/h2-3H,1H3/q+1. The largest absolute Gasteiger partial charge is 0.310 e. The van der Waals surface area contributed by atoms with Gasteiger partial charge in [0, 0.05) is 4.73 Å². The molecule has 0 unspecified atom stereocenters. The second-order valence-electron chi connectivity index (χ2n) is 2.10. The molecule has 1 heterocycles. The van der Waals surface area contributed by atoms with Crippen LogP contribution in [0.3, 0.4) is 0 Å². The molecular formula is C6H5Br2N2O3+. The number of hydrogen-bond acceptors (Lipinski definition) is 3. The summed E-state index contributed by atoms with van der Waals surface area (Å²) in [4.78, 5) is 14.9. The molecule has 0 aliphatic heterocycles. The van der Waals surface area contributed by atoms with Gasteiger partial charge in [-0.2, -0.15) is 0 Å². The molecule has 0 spiro atoms. The number of aromatic nitrogens is 1. The van der Waals surface area contributed by atoms with Crippen LogP contribution in [0.5, 0.6) is 0 Å². The van der Waals surface area contributed by atoms with Crippen LogP contribution in [0.25, 0.3) is 0 Å². The summed E-state index contributed by atoms with van der Waals surface area (Å²) in [7, 11) is 1.46. The lowest BCUT2D eigenvalue weighted by atomic mass is 10.4. The number of halogens is 2. The molecule has 0 radical (unpaired) electrons. The summed E-state index contributed by atoms with van der Waals surface area (Å²) in [6.45, 7) is 0. The van der Waals surface area contributed by atoms with Gasteiger partial charge in [-0.1, -0.05) is 0 Å². The Hall–Kier alpha value is -0.690. The Bertz CT molecular complexity index is 333. The first-order chi connectivity index (χ1) is 6.06. The van der Waals surface area contributed by atoms with E-state index in [1.807, 2.05) is 0 Å². The molecule has 70 valence electrons. The van der Waals surface area contributed by atoms with E-state index in [0.717, 1.165) is 0 Å². The number of pyridine rings is 1. The SMILES string of the molecule is CO[n+]1cc(Br)c([N+](=O)[O-])c(Br)c1. The van der Waals surface area contributed by atoms with Crippen LogP contribution in [-0.2, 0) is 0 Å². The molecule has 0 aliphatic rings. The Labute approximate surface area is 90.7 Å². The van der Waals surface area contributed by atoms with Crippen molar-refractivity contribution in [3.05, 3.63) is 31.5 Å². The van der Waals surface area contributed by atoms with Gasteiger partial charge in [-0.25, -0.2) is 0 Å². The Kier molecular flexibility index (Phi) is 3.21. The van der Waals surface area contributed by atoms with E-state index in [1.165, 1.54) is 24.2 Å². The maximum atomic E-state index is 10.5. The van der Waals surface area contributed by atoms with Gasteiger partial charge in [0.25, 0.3) is 0 Å². The zero-order valence-corrected chi connectivity index (χ0v) is 9.70. The van der Waals surface area contributed by atoms with Crippen LogP contribution in [0.1, 0.15) is 0 Å². The molecule has 7 heteroatoms. The summed E-state index contributed by atoms with van der Waals surface area (Å²) < 4.78 is 2.06.